The maximum absolute atomic E-state index is 12.0. The topological polar surface area (TPSA) is 46.2 Å². The van der Waals surface area contributed by atoms with Crippen molar-refractivity contribution in [2.45, 2.75) is 6.92 Å². The lowest BCUT2D eigenvalue weighted by Gasteiger charge is -2.04. The highest BCUT2D eigenvalue weighted by Crippen LogP contribution is 2.32. The van der Waals surface area contributed by atoms with Gasteiger partial charge in [-0.15, -0.1) is 11.3 Å². The van der Waals surface area contributed by atoms with Crippen LogP contribution in [0, 0.1) is 0 Å². The predicted molar refractivity (Wildman–Crippen MR) is 84.1 cm³/mol. The minimum Gasteiger partial charge on any atom is -0.321 e. The summed E-state index contributed by atoms with van der Waals surface area (Å²) in [6.07, 6.45) is 0. The van der Waals surface area contributed by atoms with Crippen LogP contribution in [0.4, 0.5) is 5.69 Å². The summed E-state index contributed by atoms with van der Waals surface area (Å²) < 4.78 is 1.72. The molecule has 0 bridgehead atoms. The van der Waals surface area contributed by atoms with E-state index in [1.54, 1.807) is 30.3 Å². The van der Waals surface area contributed by atoms with Crippen LogP contribution in [-0.4, -0.2) is 11.7 Å². The Hall–Kier alpha value is -0.980. The van der Waals surface area contributed by atoms with E-state index in [0.717, 1.165) is 8.26 Å². The van der Waals surface area contributed by atoms with Crippen LogP contribution in [0.5, 0.6) is 0 Å². The van der Waals surface area contributed by atoms with E-state index >= 15 is 0 Å². The van der Waals surface area contributed by atoms with Gasteiger partial charge in [0.25, 0.3) is 5.91 Å². The first-order valence-corrected chi connectivity index (χ1v) is 7.75. The van der Waals surface area contributed by atoms with Crippen molar-refractivity contribution in [3.05, 3.63) is 49.0 Å². The Morgan fingerprint density at radius 2 is 1.95 bits per heavy atom. The van der Waals surface area contributed by atoms with E-state index in [1.807, 2.05) is 0 Å². The molecule has 6 heteroatoms. The predicted octanol–water partition coefficient (Wildman–Crippen LogP) is 4.73. The highest BCUT2D eigenvalue weighted by Gasteiger charge is 2.12. The third kappa shape index (κ3) is 3.52. The number of halogens is 2. The molecule has 1 aromatic carbocycles. The smallest absolute Gasteiger partial charge is 0.265 e. The van der Waals surface area contributed by atoms with Crippen molar-refractivity contribution in [2.75, 3.05) is 5.32 Å². The summed E-state index contributed by atoms with van der Waals surface area (Å²) in [7, 11) is 0. The van der Waals surface area contributed by atoms with Crippen LogP contribution in [0.25, 0.3) is 0 Å². The molecular weight excluding hydrogens is 394 g/mol. The Kier molecular flexibility index (Phi) is 4.54. The van der Waals surface area contributed by atoms with Crippen molar-refractivity contribution in [1.82, 2.24) is 0 Å². The van der Waals surface area contributed by atoms with E-state index in [1.165, 1.54) is 18.3 Å². The van der Waals surface area contributed by atoms with Gasteiger partial charge in [0.1, 0.15) is 0 Å². The van der Waals surface area contributed by atoms with Gasteiger partial charge in [0, 0.05) is 15.7 Å². The molecule has 0 aliphatic carbocycles. The fourth-order valence-corrected chi connectivity index (χ4v) is 3.40. The van der Waals surface area contributed by atoms with E-state index in [9.17, 15) is 9.59 Å². The molecular formula is C13H9Br2NO2S. The van der Waals surface area contributed by atoms with Gasteiger partial charge >= 0.3 is 0 Å². The van der Waals surface area contributed by atoms with Crippen LogP contribution in [0.1, 0.15) is 27.0 Å². The molecule has 2 rings (SSSR count). The quantitative estimate of drug-likeness (QED) is 0.754. The van der Waals surface area contributed by atoms with Crippen LogP contribution in [0.15, 0.2) is 38.6 Å². The Labute approximate surface area is 131 Å². The van der Waals surface area contributed by atoms with Gasteiger partial charge in [-0.2, -0.15) is 0 Å². The molecule has 3 nitrogen and oxygen atoms in total. The second-order valence-corrected chi connectivity index (χ2v) is 7.05. The average molecular weight is 403 g/mol. The molecule has 0 atom stereocenters. The summed E-state index contributed by atoms with van der Waals surface area (Å²) in [6.45, 7) is 1.49. The van der Waals surface area contributed by atoms with Gasteiger partial charge in [0.05, 0.1) is 8.66 Å². The summed E-state index contributed by atoms with van der Waals surface area (Å²) in [5, 5.41) is 2.77. The summed E-state index contributed by atoms with van der Waals surface area (Å²) in [6, 6.07) is 8.63. The number of benzene rings is 1. The zero-order chi connectivity index (χ0) is 14.0. The Balaban J connectivity index is 2.19. The molecule has 1 N–H and O–H groups in total. The molecule has 0 aliphatic heterocycles. The van der Waals surface area contributed by atoms with Crippen molar-refractivity contribution >= 4 is 60.6 Å². The number of nitrogens with one attached hydrogen (secondary N) is 1. The fraction of sp³-hybridized carbons (Fsp3) is 0.0769. The van der Waals surface area contributed by atoms with Gasteiger partial charge < -0.3 is 5.32 Å². The molecule has 19 heavy (non-hydrogen) atoms. The summed E-state index contributed by atoms with van der Waals surface area (Å²) in [5.41, 5.74) is 1.18. The molecule has 1 heterocycles. The first kappa shape index (κ1) is 14.4. The second kappa shape index (κ2) is 5.98. The first-order valence-electron chi connectivity index (χ1n) is 5.34. The van der Waals surface area contributed by atoms with Crippen LogP contribution >= 0.6 is 43.2 Å². The molecule has 0 saturated heterocycles. The molecule has 0 spiro atoms. The van der Waals surface area contributed by atoms with Crippen molar-refractivity contribution in [3.8, 4) is 0 Å². The van der Waals surface area contributed by atoms with Crippen LogP contribution in [-0.2, 0) is 0 Å². The molecule has 2 aromatic rings. The molecule has 0 unspecified atom stereocenters. The van der Waals surface area contributed by atoms with Gasteiger partial charge in [0.2, 0.25) is 0 Å². The molecule has 1 aromatic heterocycles. The zero-order valence-electron chi connectivity index (χ0n) is 9.87. The maximum Gasteiger partial charge on any atom is 0.265 e. The van der Waals surface area contributed by atoms with Gasteiger partial charge in [-0.1, -0.05) is 12.1 Å². The minimum atomic E-state index is -0.197. The zero-order valence-corrected chi connectivity index (χ0v) is 13.9. The van der Waals surface area contributed by atoms with E-state index in [4.69, 9.17) is 0 Å². The van der Waals surface area contributed by atoms with Crippen LogP contribution in [0.3, 0.4) is 0 Å². The Bertz CT molecular complexity index is 632. The number of anilines is 1. The van der Waals surface area contributed by atoms with Gasteiger partial charge in [-0.05, 0) is 57.0 Å². The third-order valence-electron chi connectivity index (χ3n) is 2.40. The molecule has 0 fully saturated rings. The number of Topliss-reactive ketones (excluding diaryl/α,β-unsaturated/α-hetero) is 1. The monoisotopic (exact) mass is 401 g/mol. The standard InChI is InChI=1S/C13H9Br2NO2S/c1-7(17)8-3-2-4-9(5-8)16-13(18)11-6-10(14)12(15)19-11/h2-6H,1H3,(H,16,18). The highest BCUT2D eigenvalue weighted by molar-refractivity contribution is 9.13. The Morgan fingerprint density at radius 3 is 2.53 bits per heavy atom. The van der Waals surface area contributed by atoms with E-state index in [0.29, 0.717) is 16.1 Å². The minimum absolute atomic E-state index is 0.0299. The number of rotatable bonds is 3. The summed E-state index contributed by atoms with van der Waals surface area (Å²) in [4.78, 5) is 23.9. The number of hydrogen-bond acceptors (Lipinski definition) is 3. The average Bonchev–Trinajstić information content (AvgIpc) is 2.70. The molecule has 98 valence electrons. The van der Waals surface area contributed by atoms with Gasteiger partial charge in [-0.25, -0.2) is 0 Å². The number of amides is 1. The van der Waals surface area contributed by atoms with Crippen LogP contribution in [0.2, 0.25) is 0 Å². The lowest BCUT2D eigenvalue weighted by atomic mass is 10.1. The largest absolute Gasteiger partial charge is 0.321 e. The summed E-state index contributed by atoms with van der Waals surface area (Å²) >= 11 is 8.03. The van der Waals surface area contributed by atoms with E-state index < -0.39 is 0 Å². The number of carbonyl (C=O) groups is 2. The lowest BCUT2D eigenvalue weighted by Crippen LogP contribution is -2.10. The Morgan fingerprint density at radius 1 is 1.21 bits per heavy atom. The molecule has 0 aliphatic rings. The van der Waals surface area contributed by atoms with Gasteiger partial charge in [-0.3, -0.25) is 9.59 Å². The first-order chi connectivity index (χ1) is 8.97. The lowest BCUT2D eigenvalue weighted by molar-refractivity contribution is 0.101. The molecule has 0 saturated carbocycles. The number of ketones is 1. The SMILES string of the molecule is CC(=O)c1cccc(NC(=O)c2cc(Br)c(Br)s2)c1. The molecule has 1 amide bonds. The van der Waals surface area contributed by atoms with Gasteiger partial charge in [0.15, 0.2) is 5.78 Å². The normalized spacial score (nSPS) is 10.3. The molecule has 0 radical (unpaired) electrons. The van der Waals surface area contributed by atoms with Crippen LogP contribution < -0.4 is 5.32 Å². The van der Waals surface area contributed by atoms with Crippen molar-refractivity contribution < 1.29 is 9.59 Å². The van der Waals surface area contributed by atoms with Crippen molar-refractivity contribution in [1.29, 1.82) is 0 Å². The van der Waals surface area contributed by atoms with E-state index in [2.05, 4.69) is 37.2 Å². The van der Waals surface area contributed by atoms with Crippen molar-refractivity contribution in [3.63, 3.8) is 0 Å². The summed E-state index contributed by atoms with van der Waals surface area (Å²) in [5.74, 6) is -0.227. The maximum atomic E-state index is 12.0. The number of carbonyl (C=O) groups excluding carboxylic acids is 2. The second-order valence-electron chi connectivity index (χ2n) is 3.82. The highest BCUT2D eigenvalue weighted by atomic mass is 79.9. The van der Waals surface area contributed by atoms with E-state index in [-0.39, 0.29) is 11.7 Å². The number of hydrogen-bond donors (Lipinski definition) is 1. The third-order valence-corrected chi connectivity index (χ3v) is 5.65. The number of thiophene rings is 1. The van der Waals surface area contributed by atoms with Crippen molar-refractivity contribution in [2.24, 2.45) is 0 Å². The fourth-order valence-electron chi connectivity index (χ4n) is 1.47.